The van der Waals surface area contributed by atoms with E-state index in [9.17, 15) is 23.2 Å². The summed E-state index contributed by atoms with van der Waals surface area (Å²) >= 11 is 5.32. The molecule has 0 N–H and O–H groups in total. The summed E-state index contributed by atoms with van der Waals surface area (Å²) in [5, 5.41) is 8.23. The van der Waals surface area contributed by atoms with Crippen molar-refractivity contribution in [2.75, 3.05) is 0 Å². The second-order valence-corrected chi connectivity index (χ2v) is 8.18. The van der Waals surface area contributed by atoms with Crippen LogP contribution in [0.2, 0.25) is 0 Å². The minimum absolute atomic E-state index is 0. The molecule has 2 aromatic carbocycles. The number of nitriles is 1. The van der Waals surface area contributed by atoms with Crippen LogP contribution in [0.3, 0.4) is 0 Å². The first kappa shape index (κ1) is 26.3. The van der Waals surface area contributed by atoms with Crippen molar-refractivity contribution in [1.82, 2.24) is 0 Å². The number of para-hydroxylation sites is 1. The van der Waals surface area contributed by atoms with Gasteiger partial charge in [0.2, 0.25) is 6.10 Å². The van der Waals surface area contributed by atoms with E-state index in [0.717, 1.165) is 6.08 Å². The molecule has 1 aliphatic rings. The molecular weight excluding hydrogens is 454 g/mol. The van der Waals surface area contributed by atoms with E-state index in [1.54, 1.807) is 50.2 Å². The van der Waals surface area contributed by atoms with Crippen LogP contribution in [0.5, 0.6) is 11.5 Å². The first-order valence-electron chi connectivity index (χ1n) is 9.41. The Kier molecular flexibility index (Phi) is 8.46. The van der Waals surface area contributed by atoms with Gasteiger partial charge in [0.1, 0.15) is 22.6 Å². The van der Waals surface area contributed by atoms with Crippen LogP contribution in [0.4, 0.5) is 13.2 Å². The Morgan fingerprint density at radius 1 is 1.19 bits per heavy atom. The molecule has 0 aromatic heterocycles. The molecule has 0 heterocycles. The van der Waals surface area contributed by atoms with Crippen LogP contribution >= 0.6 is 11.6 Å². The Hall–Kier alpha value is -1.98. The minimum atomic E-state index is -4.68. The molecule has 0 spiro atoms. The van der Waals surface area contributed by atoms with Crippen molar-refractivity contribution in [2.24, 2.45) is 17.3 Å². The molecule has 32 heavy (non-hydrogen) atoms. The van der Waals surface area contributed by atoms with Gasteiger partial charge in [-0.25, -0.2) is 0 Å². The number of hydrogen-bond acceptors (Lipinski definition) is 4. The molecule has 2 aromatic rings. The van der Waals surface area contributed by atoms with Gasteiger partial charge in [0, 0.05) is 5.56 Å². The van der Waals surface area contributed by atoms with Gasteiger partial charge in [-0.05, 0) is 35.6 Å². The van der Waals surface area contributed by atoms with Crippen LogP contribution < -0.4 is 34.3 Å². The Morgan fingerprint density at radius 3 is 2.41 bits per heavy atom. The molecule has 1 fully saturated rings. The number of ether oxygens (including phenoxy) is 2. The third-order valence-corrected chi connectivity index (χ3v) is 5.59. The molecule has 0 bridgehead atoms. The second-order valence-electron chi connectivity index (χ2n) is 7.77. The van der Waals surface area contributed by atoms with E-state index in [2.05, 4.69) is 0 Å². The molecule has 0 saturated heterocycles. The van der Waals surface area contributed by atoms with Gasteiger partial charge in [-0.15, -0.1) is 0 Å². The van der Waals surface area contributed by atoms with Crippen LogP contribution in [0.25, 0.3) is 0 Å². The summed E-state index contributed by atoms with van der Waals surface area (Å²) in [6.45, 7) is 3.30. The van der Waals surface area contributed by atoms with Crippen molar-refractivity contribution in [3.05, 3.63) is 71.3 Å². The van der Waals surface area contributed by atoms with Crippen molar-refractivity contribution in [3.8, 4) is 17.6 Å². The van der Waals surface area contributed by atoms with E-state index in [1.165, 1.54) is 0 Å². The van der Waals surface area contributed by atoms with Crippen LogP contribution in [0.1, 0.15) is 26.9 Å². The number of carbonyl (C=O) groups is 1. The summed E-state index contributed by atoms with van der Waals surface area (Å²) in [7, 11) is 0. The van der Waals surface area contributed by atoms with Gasteiger partial charge in [-0.2, -0.15) is 18.4 Å². The van der Waals surface area contributed by atoms with Crippen molar-refractivity contribution >= 4 is 17.6 Å². The fourth-order valence-corrected chi connectivity index (χ4v) is 3.55. The molecule has 3 atom stereocenters. The van der Waals surface area contributed by atoms with Crippen molar-refractivity contribution < 1.29 is 58.4 Å². The number of nitrogens with zero attached hydrogens (tertiary/aromatic N) is 1. The number of halogens is 4. The zero-order valence-electron chi connectivity index (χ0n) is 18.7. The van der Waals surface area contributed by atoms with Gasteiger partial charge in [0.15, 0.2) is 0 Å². The van der Waals surface area contributed by atoms with Gasteiger partial charge in [-0.3, -0.25) is 4.79 Å². The molecule has 0 aliphatic heterocycles. The summed E-state index contributed by atoms with van der Waals surface area (Å²) in [4.78, 5) is 12.6. The van der Waals surface area contributed by atoms with Crippen LogP contribution in [-0.2, 0) is 9.53 Å². The molecule has 9 heteroatoms. The summed E-state index contributed by atoms with van der Waals surface area (Å²) in [6, 6.07) is 17.4. The van der Waals surface area contributed by atoms with E-state index < -0.39 is 40.5 Å². The number of allylic oxidation sites excluding steroid dienone is 2. The maximum absolute atomic E-state index is 12.7. The van der Waals surface area contributed by atoms with E-state index in [0.29, 0.717) is 17.1 Å². The van der Waals surface area contributed by atoms with Gasteiger partial charge < -0.3 is 10.9 Å². The molecule has 164 valence electrons. The van der Waals surface area contributed by atoms with Crippen molar-refractivity contribution in [1.29, 1.82) is 5.26 Å². The zero-order valence-corrected chi connectivity index (χ0v) is 20.4. The summed E-state index contributed by atoms with van der Waals surface area (Å²) in [6.07, 6.45) is -5.07. The maximum atomic E-state index is 12.7. The Bertz CT molecular complexity index is 1040. The summed E-state index contributed by atoms with van der Waals surface area (Å²) in [5.74, 6) is -1.27. The molecule has 1 aliphatic carbocycles. The quantitative estimate of drug-likeness (QED) is 0.474. The smallest absolute Gasteiger partial charge is 1.00 e. The van der Waals surface area contributed by atoms with E-state index in [-0.39, 0.29) is 31.0 Å². The molecule has 1 saturated carbocycles. The average molecular weight is 474 g/mol. The molecule has 3 rings (SSSR count). The summed E-state index contributed by atoms with van der Waals surface area (Å²) in [5.41, 5.74) is -0.371. The van der Waals surface area contributed by atoms with E-state index in [1.807, 2.05) is 24.3 Å². The Balaban J connectivity index is 0.00000272. The summed E-state index contributed by atoms with van der Waals surface area (Å²) < 4.78 is 49.2. The van der Waals surface area contributed by atoms with Crippen molar-refractivity contribution in [2.45, 2.75) is 26.1 Å². The normalized spacial score (nSPS) is 20.3. The fourth-order valence-electron chi connectivity index (χ4n) is 3.42. The van der Waals surface area contributed by atoms with Gasteiger partial charge in [0.25, 0.3) is 0 Å². The standard InChI is InChI=1S/C23H19ClF3NO3.Na.H/c1-22(2)17(12-19(24)23(25,26)27)20(22)21(29)31-18(13-28)14-7-6-10-16(11-14)30-15-8-4-3-5-9-15;;/h3-12,17-18,20H,1-2H3;;/q;+1;-1/b19-12-;;/t17-,18?,20-;;/m0../s1. The predicted octanol–water partition coefficient (Wildman–Crippen LogP) is 3.66. The third kappa shape index (κ3) is 6.08. The second kappa shape index (κ2) is 10.3. The maximum Gasteiger partial charge on any atom is 1.00 e. The minimum Gasteiger partial charge on any atom is -1.00 e. The van der Waals surface area contributed by atoms with Crippen LogP contribution in [-0.4, -0.2) is 12.1 Å². The first-order chi connectivity index (χ1) is 14.5. The largest absolute Gasteiger partial charge is 1.00 e. The number of benzene rings is 2. The van der Waals surface area contributed by atoms with Crippen molar-refractivity contribution in [3.63, 3.8) is 0 Å². The average Bonchev–Trinajstić information content (AvgIpc) is 3.26. The van der Waals surface area contributed by atoms with E-state index in [4.69, 9.17) is 21.1 Å². The molecular formula is C23H20ClF3NNaO3. The topological polar surface area (TPSA) is 59.3 Å². The molecule has 0 amide bonds. The number of rotatable bonds is 6. The van der Waals surface area contributed by atoms with E-state index >= 15 is 0 Å². The molecule has 0 radical (unpaired) electrons. The van der Waals surface area contributed by atoms with Gasteiger partial charge in [0.05, 0.1) is 5.92 Å². The zero-order chi connectivity index (χ0) is 22.8. The SMILES string of the molecule is CC1(C)[C@H](C(=O)OC(C#N)c2cccc(Oc3ccccc3)c2)[C@@H]1/C=C(\Cl)C(F)(F)F.[H-].[Na+]. The number of alkyl halides is 3. The van der Waals surface area contributed by atoms with Crippen LogP contribution in [0, 0.1) is 28.6 Å². The first-order valence-corrected chi connectivity index (χ1v) is 9.79. The van der Waals surface area contributed by atoms with Gasteiger partial charge in [-0.1, -0.05) is 61.9 Å². The van der Waals surface area contributed by atoms with Crippen LogP contribution in [0.15, 0.2) is 65.7 Å². The monoisotopic (exact) mass is 473 g/mol. The fraction of sp³-hybridized carbons (Fsp3) is 0.304. The Morgan fingerprint density at radius 2 is 1.81 bits per heavy atom. The Labute approximate surface area is 212 Å². The molecule has 4 nitrogen and oxygen atoms in total. The van der Waals surface area contributed by atoms with Gasteiger partial charge >= 0.3 is 41.7 Å². The predicted molar refractivity (Wildman–Crippen MR) is 109 cm³/mol. The molecule has 1 unspecified atom stereocenters. The number of hydrogen-bond donors (Lipinski definition) is 0. The number of esters is 1. The third-order valence-electron chi connectivity index (χ3n) is 5.25. The number of carbonyl (C=O) groups excluding carboxylic acids is 1.